The summed E-state index contributed by atoms with van der Waals surface area (Å²) in [5, 5.41) is 16.4. The van der Waals surface area contributed by atoms with E-state index in [2.05, 4.69) is 4.74 Å². The van der Waals surface area contributed by atoms with Gasteiger partial charge in [0.25, 0.3) is 0 Å². The number of carbonyl (C=O) groups excluding carboxylic acids is 4. The zero-order chi connectivity index (χ0) is 28.3. The highest BCUT2D eigenvalue weighted by molar-refractivity contribution is 7.87. The van der Waals surface area contributed by atoms with E-state index in [4.69, 9.17) is 18.8 Å². The van der Waals surface area contributed by atoms with Gasteiger partial charge in [-0.2, -0.15) is 17.2 Å². The van der Waals surface area contributed by atoms with E-state index in [1.165, 1.54) is 0 Å². The summed E-state index contributed by atoms with van der Waals surface area (Å²) < 4.78 is 78.5. The van der Waals surface area contributed by atoms with Crippen LogP contribution in [0.3, 0.4) is 0 Å². The molecule has 0 aromatic carbocycles. The SMILES string of the molecule is O=C(COC(=O)C1C2CC3C(OC(=O)C31)C2OC(=O)C(F)(F)S(=O)(=O)O)OC12CC3CC(O)(CC(O)(C3)C1)C2. The molecule has 7 aliphatic rings. The third-order valence-electron chi connectivity index (χ3n) is 9.24. The summed E-state index contributed by atoms with van der Waals surface area (Å²) in [4.78, 5) is 49.9. The number of carbonyl (C=O) groups is 4. The minimum absolute atomic E-state index is 0.0326. The lowest BCUT2D eigenvalue weighted by molar-refractivity contribution is -0.262. The van der Waals surface area contributed by atoms with Crippen LogP contribution in [0.1, 0.15) is 44.9 Å². The van der Waals surface area contributed by atoms with Crippen molar-refractivity contribution in [3.8, 4) is 0 Å². The van der Waals surface area contributed by atoms with Crippen LogP contribution in [0.25, 0.3) is 0 Å². The second-order valence-electron chi connectivity index (χ2n) is 12.1. The van der Waals surface area contributed by atoms with Gasteiger partial charge in [0, 0.05) is 31.1 Å². The molecule has 0 aromatic rings. The fraction of sp³-hybridized carbons (Fsp3) is 0.826. The number of fused-ring (bicyclic) bond motifs is 1. The van der Waals surface area contributed by atoms with Crippen molar-refractivity contribution in [2.24, 2.45) is 29.6 Å². The Labute approximate surface area is 219 Å². The maximum absolute atomic E-state index is 13.8. The van der Waals surface area contributed by atoms with E-state index >= 15 is 0 Å². The summed E-state index contributed by atoms with van der Waals surface area (Å²) in [6, 6.07) is 0. The molecule has 16 heteroatoms. The van der Waals surface area contributed by atoms with Gasteiger partial charge in [0.1, 0.15) is 17.8 Å². The fourth-order valence-corrected chi connectivity index (χ4v) is 8.89. The Hall–Kier alpha value is -2.43. The average molecular weight is 581 g/mol. The highest BCUT2D eigenvalue weighted by Crippen LogP contribution is 2.61. The van der Waals surface area contributed by atoms with Gasteiger partial charge in [-0.1, -0.05) is 0 Å². The van der Waals surface area contributed by atoms with Gasteiger partial charge >= 0.3 is 39.2 Å². The molecule has 0 radical (unpaired) electrons. The van der Waals surface area contributed by atoms with Gasteiger partial charge in [-0.05, 0) is 31.6 Å². The number of hydrogen-bond donors (Lipinski definition) is 3. The molecule has 7 rings (SSSR count). The molecule has 1 aliphatic heterocycles. The molecule has 3 N–H and O–H groups in total. The van der Waals surface area contributed by atoms with Gasteiger partial charge in [0.05, 0.1) is 23.0 Å². The van der Waals surface area contributed by atoms with E-state index < -0.39 is 98.5 Å². The van der Waals surface area contributed by atoms with Crippen LogP contribution < -0.4 is 0 Å². The first-order chi connectivity index (χ1) is 17.9. The zero-order valence-electron chi connectivity index (χ0n) is 20.3. The van der Waals surface area contributed by atoms with Gasteiger partial charge in [0.2, 0.25) is 0 Å². The van der Waals surface area contributed by atoms with Crippen molar-refractivity contribution < 1.29 is 70.1 Å². The molecule has 0 aromatic heterocycles. The second kappa shape index (κ2) is 8.07. The Morgan fingerprint density at radius 3 is 2.28 bits per heavy atom. The number of ether oxygens (including phenoxy) is 4. The fourth-order valence-electron chi connectivity index (χ4n) is 8.63. The molecule has 0 amide bonds. The highest BCUT2D eigenvalue weighted by atomic mass is 32.2. The van der Waals surface area contributed by atoms with Gasteiger partial charge in [0.15, 0.2) is 6.61 Å². The van der Waals surface area contributed by atoms with Crippen molar-refractivity contribution >= 4 is 34.0 Å². The van der Waals surface area contributed by atoms with E-state index in [0.29, 0.717) is 19.3 Å². The van der Waals surface area contributed by atoms with E-state index in [9.17, 15) is 46.6 Å². The summed E-state index contributed by atoms with van der Waals surface area (Å²) >= 11 is 0. The molecule has 6 aliphatic carbocycles. The first kappa shape index (κ1) is 26.8. The Morgan fingerprint density at radius 2 is 1.69 bits per heavy atom. The normalized spacial score (nSPS) is 45.3. The molecule has 1 saturated heterocycles. The molecule has 8 unspecified atom stereocenters. The highest BCUT2D eigenvalue weighted by Gasteiger charge is 2.71. The monoisotopic (exact) mass is 580 g/mol. The number of halogens is 2. The van der Waals surface area contributed by atoms with Crippen LogP contribution >= 0.6 is 0 Å². The van der Waals surface area contributed by atoms with E-state index in [1.807, 2.05) is 0 Å². The van der Waals surface area contributed by atoms with Gasteiger partial charge in [-0.25, -0.2) is 9.59 Å². The molecule has 6 bridgehead atoms. The van der Waals surface area contributed by atoms with Crippen LogP contribution in [0, 0.1) is 29.6 Å². The van der Waals surface area contributed by atoms with Crippen molar-refractivity contribution in [3.05, 3.63) is 0 Å². The van der Waals surface area contributed by atoms with Crippen molar-refractivity contribution in [1.29, 1.82) is 0 Å². The van der Waals surface area contributed by atoms with E-state index in [-0.39, 0.29) is 31.6 Å². The largest absolute Gasteiger partial charge is 0.465 e. The van der Waals surface area contributed by atoms with Crippen LogP contribution in [0.4, 0.5) is 8.78 Å². The average Bonchev–Trinajstić information content (AvgIpc) is 3.37. The number of hydrogen-bond acceptors (Lipinski definition) is 12. The van der Waals surface area contributed by atoms with Crippen LogP contribution in [-0.4, -0.2) is 87.9 Å². The summed E-state index contributed by atoms with van der Waals surface area (Å²) in [5.41, 5.74) is -3.43. The van der Waals surface area contributed by atoms with E-state index in [0.717, 1.165) is 0 Å². The lowest BCUT2D eigenvalue weighted by Gasteiger charge is -2.62. The molecule has 8 atom stereocenters. The number of aliphatic hydroxyl groups is 2. The van der Waals surface area contributed by atoms with Crippen molar-refractivity contribution in [2.75, 3.05) is 6.61 Å². The Morgan fingerprint density at radius 1 is 1.05 bits per heavy atom. The Kier molecular flexibility index (Phi) is 5.54. The third kappa shape index (κ3) is 4.04. The van der Waals surface area contributed by atoms with Crippen LogP contribution in [0.2, 0.25) is 0 Å². The Bertz CT molecular complexity index is 1250. The van der Waals surface area contributed by atoms with E-state index in [1.54, 1.807) is 0 Å². The summed E-state index contributed by atoms with van der Waals surface area (Å²) in [6.07, 6.45) is -0.838. The molecule has 13 nitrogen and oxygen atoms in total. The maximum Gasteiger partial charge on any atom is 0.465 e. The standard InChI is InChI=1S/C23H26F2O13S/c24-23(25,39(32,33)34)19(29)37-16-10-1-11-14(18(28)36-15(11)16)13(10)17(27)35-5-12(26)38-22-4-9-2-20(30,7-22)6-21(31,3-9)8-22/h9-11,13-16,30-31H,1-8H2,(H,32,33,34). The first-order valence-electron chi connectivity index (χ1n) is 12.5. The smallest absolute Gasteiger partial charge is 0.458 e. The predicted molar refractivity (Wildman–Crippen MR) is 116 cm³/mol. The molecule has 216 valence electrons. The Balaban J connectivity index is 1.12. The van der Waals surface area contributed by atoms with Crippen LogP contribution in [0.5, 0.6) is 0 Å². The minimum Gasteiger partial charge on any atom is -0.458 e. The van der Waals surface area contributed by atoms with Crippen molar-refractivity contribution in [2.45, 2.75) is 79.2 Å². The van der Waals surface area contributed by atoms with Gasteiger partial charge in [-0.3, -0.25) is 14.1 Å². The molecule has 0 spiro atoms. The second-order valence-corrected chi connectivity index (χ2v) is 13.6. The molecule has 1 heterocycles. The number of rotatable bonds is 7. The van der Waals surface area contributed by atoms with Crippen LogP contribution in [0.15, 0.2) is 0 Å². The van der Waals surface area contributed by atoms with Crippen molar-refractivity contribution in [3.63, 3.8) is 0 Å². The predicted octanol–water partition coefficient (Wildman–Crippen LogP) is -0.529. The van der Waals surface area contributed by atoms with Crippen LogP contribution in [-0.2, 0) is 48.2 Å². The van der Waals surface area contributed by atoms with Gasteiger partial charge in [-0.15, -0.1) is 0 Å². The zero-order valence-corrected chi connectivity index (χ0v) is 21.1. The third-order valence-corrected chi connectivity index (χ3v) is 10.1. The molecule has 6 saturated carbocycles. The minimum atomic E-state index is -6.15. The molecular weight excluding hydrogens is 554 g/mol. The topological polar surface area (TPSA) is 200 Å². The number of alkyl halides is 2. The maximum atomic E-state index is 13.8. The summed E-state index contributed by atoms with van der Waals surface area (Å²) in [6.45, 7) is -0.869. The molecule has 39 heavy (non-hydrogen) atoms. The number of esters is 4. The molecule has 7 fully saturated rings. The van der Waals surface area contributed by atoms with Gasteiger partial charge < -0.3 is 29.2 Å². The lowest BCUT2D eigenvalue weighted by Crippen LogP contribution is -2.67. The lowest BCUT2D eigenvalue weighted by atomic mass is 9.50. The van der Waals surface area contributed by atoms with Crippen molar-refractivity contribution in [1.82, 2.24) is 0 Å². The summed E-state index contributed by atoms with van der Waals surface area (Å²) in [7, 11) is -6.15. The quantitative estimate of drug-likeness (QED) is 0.197. The molecular formula is C23H26F2O13S. The summed E-state index contributed by atoms with van der Waals surface area (Å²) in [5.74, 6) is -9.58. The first-order valence-corrected chi connectivity index (χ1v) is 14.0.